The molecular weight excluding hydrogens is 788 g/mol. The maximum Gasteiger partial charge on any atom is 0.330 e. The molecule has 2 fully saturated rings. The molecule has 3 aliphatic rings. The van der Waals surface area contributed by atoms with E-state index in [1.807, 2.05) is 0 Å². The monoisotopic (exact) mass is 829 g/mol. The topological polar surface area (TPSA) is 322 Å². The summed E-state index contributed by atoms with van der Waals surface area (Å²) < 4.78 is 38.2. The summed E-state index contributed by atoms with van der Waals surface area (Å²) in [5.41, 5.74) is 1.04. The van der Waals surface area contributed by atoms with E-state index in [0.717, 1.165) is 12.1 Å². The van der Waals surface area contributed by atoms with Crippen LogP contribution >= 0.6 is 0 Å². The fraction of sp³-hybridized carbons (Fsp3) is 0.359. The maximum atomic E-state index is 12.5. The largest absolute Gasteiger partial charge is 0.571 e. The van der Waals surface area contributed by atoms with Gasteiger partial charge in [-0.3, -0.25) is 9.59 Å². The van der Waals surface area contributed by atoms with E-state index >= 15 is 0 Å². The second-order valence-electron chi connectivity index (χ2n) is 13.6. The quantitative estimate of drug-likeness (QED) is 0.0446. The Morgan fingerprint density at radius 3 is 1.83 bits per heavy atom. The molecule has 3 aliphatic heterocycles. The first-order valence-electron chi connectivity index (χ1n) is 17.9. The Bertz CT molecular complexity index is 2030. The lowest BCUT2D eigenvalue weighted by Crippen LogP contribution is -2.60. The maximum absolute atomic E-state index is 12.5. The van der Waals surface area contributed by atoms with E-state index in [2.05, 4.69) is 4.74 Å². The molecule has 316 valence electrons. The van der Waals surface area contributed by atoms with Crippen molar-refractivity contribution in [1.29, 1.82) is 0 Å². The molecule has 0 aliphatic carbocycles. The van der Waals surface area contributed by atoms with E-state index in [1.165, 1.54) is 54.6 Å². The van der Waals surface area contributed by atoms with Crippen molar-refractivity contribution in [3.05, 3.63) is 89.2 Å². The van der Waals surface area contributed by atoms with Crippen molar-refractivity contribution in [2.24, 2.45) is 0 Å². The molecule has 6 rings (SSSR count). The van der Waals surface area contributed by atoms with Crippen molar-refractivity contribution in [2.75, 3.05) is 13.2 Å². The predicted octanol–water partition coefficient (Wildman–Crippen LogP) is -0.574. The second kappa shape index (κ2) is 18.3. The van der Waals surface area contributed by atoms with E-state index in [9.17, 15) is 60.3 Å². The van der Waals surface area contributed by atoms with Crippen LogP contribution in [-0.2, 0) is 38.1 Å². The van der Waals surface area contributed by atoms with Gasteiger partial charge in [0.1, 0.15) is 97.0 Å². The van der Waals surface area contributed by atoms with Gasteiger partial charge in [-0.15, -0.1) is 0 Å². The highest BCUT2D eigenvalue weighted by Crippen LogP contribution is 2.46. The van der Waals surface area contributed by atoms with Crippen LogP contribution in [0.3, 0.4) is 0 Å². The van der Waals surface area contributed by atoms with Gasteiger partial charge in [-0.2, -0.15) is 0 Å². The first kappa shape index (κ1) is 42.6. The van der Waals surface area contributed by atoms with Crippen LogP contribution in [-0.4, -0.2) is 148 Å². The van der Waals surface area contributed by atoms with Gasteiger partial charge in [-0.1, -0.05) is 12.1 Å². The van der Waals surface area contributed by atoms with Gasteiger partial charge >= 0.3 is 17.9 Å². The summed E-state index contributed by atoms with van der Waals surface area (Å²) in [6.07, 6.45) is -15.9. The highest BCUT2D eigenvalue weighted by Gasteiger charge is 2.48. The van der Waals surface area contributed by atoms with E-state index < -0.39 is 111 Å². The highest BCUT2D eigenvalue weighted by molar-refractivity contribution is 5.90. The molecule has 0 saturated carbocycles. The van der Waals surface area contributed by atoms with Crippen LogP contribution in [0.1, 0.15) is 29.2 Å². The van der Waals surface area contributed by atoms with E-state index in [-0.39, 0.29) is 34.3 Å². The van der Waals surface area contributed by atoms with Gasteiger partial charge in [-0.25, -0.2) is 4.79 Å². The van der Waals surface area contributed by atoms with Gasteiger partial charge in [-0.05, 0) is 48.0 Å². The first-order chi connectivity index (χ1) is 28.1. The molecule has 11 N–H and O–H groups in total. The summed E-state index contributed by atoms with van der Waals surface area (Å²) in [5.74, 6) is -4.21. The number of ether oxygens (including phenoxy) is 7. The summed E-state index contributed by atoms with van der Waals surface area (Å²) in [6, 6.07) is 14.0. The number of rotatable bonds is 13. The van der Waals surface area contributed by atoms with Crippen LogP contribution in [0.4, 0.5) is 0 Å². The molecule has 0 amide bonds. The van der Waals surface area contributed by atoms with Gasteiger partial charge in [0, 0.05) is 18.2 Å². The van der Waals surface area contributed by atoms with Crippen molar-refractivity contribution in [2.45, 2.75) is 73.9 Å². The molecule has 0 bridgehead atoms. The third kappa shape index (κ3) is 10.2. The Kier molecular flexibility index (Phi) is 13.2. The average molecular weight is 830 g/mol. The molecule has 20 heteroatoms. The number of hydrogen-bond acceptors (Lipinski definition) is 18. The number of aromatic hydroxyl groups is 4. The van der Waals surface area contributed by atoms with E-state index in [1.54, 1.807) is 12.1 Å². The minimum absolute atomic E-state index is 0.0277. The van der Waals surface area contributed by atoms with Gasteiger partial charge in [0.2, 0.25) is 12.6 Å². The van der Waals surface area contributed by atoms with Crippen molar-refractivity contribution in [3.8, 4) is 28.7 Å². The number of hydrogen-bond donors (Lipinski definition) is 10. The lowest BCUT2D eigenvalue weighted by molar-refractivity contribution is -0.296. The van der Waals surface area contributed by atoms with Crippen molar-refractivity contribution < 1.29 is 98.6 Å². The summed E-state index contributed by atoms with van der Waals surface area (Å²) in [5, 5.41) is 103. The number of aliphatic carboxylic acids is 1. The van der Waals surface area contributed by atoms with Crippen LogP contribution in [0.25, 0.3) is 12.2 Å². The average Bonchev–Trinajstić information content (AvgIpc) is 3.20. The molecule has 59 heavy (non-hydrogen) atoms. The first-order valence-corrected chi connectivity index (χ1v) is 17.9. The summed E-state index contributed by atoms with van der Waals surface area (Å²) in [4.78, 5) is 35.2. The van der Waals surface area contributed by atoms with Crippen molar-refractivity contribution >= 4 is 30.1 Å². The predicted molar refractivity (Wildman–Crippen MR) is 195 cm³/mol. The number of aliphatic hydroxyl groups is 7. The number of phenols is 3. The summed E-state index contributed by atoms with van der Waals surface area (Å²) in [6.45, 7) is -1.34. The molecular formula is C39H41O20+. The number of carbonyl (C=O) groups excluding carboxylic acids is 2. The molecule has 3 heterocycles. The second-order valence-corrected chi connectivity index (χ2v) is 13.6. The van der Waals surface area contributed by atoms with E-state index in [4.69, 9.17) is 33.5 Å². The molecule has 0 radical (unpaired) electrons. The molecule has 20 nitrogen and oxygen atoms in total. The lowest BCUT2D eigenvalue weighted by atomic mass is 9.98. The lowest BCUT2D eigenvalue weighted by Gasteiger charge is -2.41. The number of carbonyl (C=O) groups is 3. The van der Waals surface area contributed by atoms with Crippen LogP contribution in [0.5, 0.6) is 28.7 Å². The molecule has 2 saturated heterocycles. The minimum atomic E-state index is -1.92. The Labute approximate surface area is 333 Å². The molecule has 3 aromatic carbocycles. The number of fused-ring (bicyclic) bond motifs is 1. The molecule has 0 aromatic heterocycles. The zero-order valence-corrected chi connectivity index (χ0v) is 30.6. The Balaban J connectivity index is 1.25. The van der Waals surface area contributed by atoms with Gasteiger partial charge < -0.3 is 84.2 Å². The minimum Gasteiger partial charge on any atom is -0.571 e. The summed E-state index contributed by atoms with van der Waals surface area (Å²) >= 11 is 0. The molecule has 11 unspecified atom stereocenters. The van der Waals surface area contributed by atoms with E-state index in [0.29, 0.717) is 11.1 Å². The standard InChI is InChI=1S/C39H40O20/c40-19-6-1-17(2-7-19)3-10-29(45)53-15-26-31(47)34(50)36(52)39(59-26)57-25-13-22-23(55-37(25)18-4-8-20(41)9-5-18)11-21(42)12-24(22)56-38-35(51)33(49)32(48)27(58-38)16-54-30(46)14-28(43)44/h1-13,26-27,31-42,47-52H,14-16H2,(H,43,44)/p+1. The smallest absolute Gasteiger partial charge is 0.330 e. The number of benzene rings is 3. The Morgan fingerprint density at radius 1 is 0.678 bits per heavy atom. The highest BCUT2D eigenvalue weighted by atomic mass is 16.7. The van der Waals surface area contributed by atoms with Crippen LogP contribution in [0.15, 0.2) is 72.5 Å². The third-order valence-corrected chi connectivity index (χ3v) is 9.37. The normalized spacial score (nSPS) is 29.1. The number of phenolic OH excluding ortho intramolecular Hbond substituents is 3. The fourth-order valence-electron chi connectivity index (χ4n) is 6.24. The zero-order valence-electron chi connectivity index (χ0n) is 30.6. The SMILES string of the molecule is O=C(O)CC(=O)OCC1OC(Oc2cc(O)cc3c2C=C(OC2OC(COC(=O)C=Cc4ccc(O)cc4)C(O)C(O)C2O)C(c2ccc(O)cc2)[OH+]3)C(O)C(O)C1O. The third-order valence-electron chi connectivity index (χ3n) is 9.37. The fourth-order valence-corrected chi connectivity index (χ4v) is 6.24. The molecule has 0 spiro atoms. The zero-order chi connectivity index (χ0) is 42.5. The molecule has 3 aromatic rings. The number of carboxylic acid groups (broad SMARTS) is 1. The Hall–Kier alpha value is -5.97. The number of esters is 2. The summed E-state index contributed by atoms with van der Waals surface area (Å²) in [7, 11) is 0. The van der Waals surface area contributed by atoms with Crippen LogP contribution in [0.2, 0.25) is 0 Å². The van der Waals surface area contributed by atoms with Crippen LogP contribution < -0.4 is 4.74 Å². The number of carboxylic acids is 1. The van der Waals surface area contributed by atoms with Crippen LogP contribution in [0, 0.1) is 0 Å². The Morgan fingerprint density at radius 2 is 1.24 bits per heavy atom. The van der Waals surface area contributed by atoms with Gasteiger partial charge in [0.05, 0.1) is 11.6 Å². The van der Waals surface area contributed by atoms with Crippen molar-refractivity contribution in [3.63, 3.8) is 0 Å². The van der Waals surface area contributed by atoms with Gasteiger partial charge in [0.15, 0.2) is 5.76 Å². The molecule has 11 atom stereocenters. The number of aliphatic hydroxyl groups excluding tert-OH is 6. The van der Waals surface area contributed by atoms with Crippen molar-refractivity contribution in [1.82, 2.24) is 0 Å². The van der Waals surface area contributed by atoms with Gasteiger partial charge in [0.25, 0.3) is 11.9 Å².